The molecule has 0 aromatic heterocycles. The first-order valence-corrected chi connectivity index (χ1v) is 11.5. The maximum absolute atomic E-state index is 12.9. The summed E-state index contributed by atoms with van der Waals surface area (Å²) in [5, 5.41) is 13.0. The Morgan fingerprint density at radius 2 is 1.69 bits per heavy atom. The average molecular weight is 455 g/mol. The topological polar surface area (TPSA) is 105 Å². The molecular formula is C24H26N2O5S. The van der Waals surface area contributed by atoms with Gasteiger partial charge < -0.3 is 15.2 Å². The number of sulfonamides is 1. The van der Waals surface area contributed by atoms with Gasteiger partial charge in [-0.3, -0.25) is 9.52 Å². The number of aliphatic hydroxyl groups excluding tert-OH is 1. The van der Waals surface area contributed by atoms with Crippen LogP contribution in [0.2, 0.25) is 0 Å². The highest BCUT2D eigenvalue weighted by Gasteiger charge is 2.19. The number of aliphatic hydroxyl groups is 1. The lowest BCUT2D eigenvalue weighted by Crippen LogP contribution is -2.29. The third kappa shape index (κ3) is 5.46. The standard InChI is InChI=1S/C24H26N2O5S/c1-16-8-13-20(32(29,30)26-22-7-5-4-6-17(22)2)14-21(16)24(28)25-15-23(27)18-9-11-19(31-3)12-10-18/h4-14,23,26-27H,15H2,1-3H3,(H,25,28). The van der Waals surface area contributed by atoms with Crippen molar-refractivity contribution in [1.29, 1.82) is 0 Å². The fraction of sp³-hybridized carbons (Fsp3) is 0.208. The van der Waals surface area contributed by atoms with Gasteiger partial charge in [0.25, 0.3) is 15.9 Å². The first-order chi connectivity index (χ1) is 15.2. The minimum absolute atomic E-state index is 0.0211. The average Bonchev–Trinajstić information content (AvgIpc) is 2.79. The predicted molar refractivity (Wildman–Crippen MR) is 123 cm³/mol. The summed E-state index contributed by atoms with van der Waals surface area (Å²) in [5.74, 6) is 0.195. The molecule has 7 nitrogen and oxygen atoms in total. The first-order valence-electron chi connectivity index (χ1n) is 10.0. The molecule has 1 amide bonds. The van der Waals surface area contributed by atoms with Crippen LogP contribution >= 0.6 is 0 Å². The van der Waals surface area contributed by atoms with Gasteiger partial charge in [0.15, 0.2) is 0 Å². The Morgan fingerprint density at radius 1 is 1.00 bits per heavy atom. The monoisotopic (exact) mass is 454 g/mol. The summed E-state index contributed by atoms with van der Waals surface area (Å²) in [6, 6.07) is 18.3. The Hall–Kier alpha value is -3.36. The number of carbonyl (C=O) groups is 1. The summed E-state index contributed by atoms with van der Waals surface area (Å²) < 4.78 is 33.4. The molecule has 0 bridgehead atoms. The second-order valence-electron chi connectivity index (χ2n) is 7.40. The van der Waals surface area contributed by atoms with Gasteiger partial charge in [0.05, 0.1) is 23.8 Å². The molecule has 168 valence electrons. The summed E-state index contributed by atoms with van der Waals surface area (Å²) in [6.07, 6.45) is -0.917. The van der Waals surface area contributed by atoms with Gasteiger partial charge in [-0.15, -0.1) is 0 Å². The summed E-state index contributed by atoms with van der Waals surface area (Å²) >= 11 is 0. The van der Waals surface area contributed by atoms with Crippen LogP contribution in [0.5, 0.6) is 5.75 Å². The molecular weight excluding hydrogens is 428 g/mol. The summed E-state index contributed by atoms with van der Waals surface area (Å²) in [5.41, 5.74) is 2.73. The fourth-order valence-electron chi connectivity index (χ4n) is 3.13. The van der Waals surface area contributed by atoms with E-state index >= 15 is 0 Å². The van der Waals surface area contributed by atoms with Crippen LogP contribution in [0.15, 0.2) is 71.6 Å². The number of hydrogen-bond donors (Lipinski definition) is 3. The van der Waals surface area contributed by atoms with Gasteiger partial charge in [-0.1, -0.05) is 36.4 Å². The highest BCUT2D eigenvalue weighted by Crippen LogP contribution is 2.22. The molecule has 0 aliphatic carbocycles. The van der Waals surface area contributed by atoms with E-state index in [-0.39, 0.29) is 17.0 Å². The van der Waals surface area contributed by atoms with E-state index in [2.05, 4.69) is 10.0 Å². The lowest BCUT2D eigenvalue weighted by Gasteiger charge is -2.15. The molecule has 0 spiro atoms. The van der Waals surface area contributed by atoms with Crippen molar-refractivity contribution in [3.05, 3.63) is 89.0 Å². The predicted octanol–water partition coefficient (Wildman–Crippen LogP) is 3.58. The largest absolute Gasteiger partial charge is 0.497 e. The molecule has 1 atom stereocenters. The Balaban J connectivity index is 1.74. The molecule has 32 heavy (non-hydrogen) atoms. The van der Waals surface area contributed by atoms with Crippen molar-refractivity contribution in [2.75, 3.05) is 18.4 Å². The fourth-order valence-corrected chi connectivity index (χ4v) is 4.29. The molecule has 1 unspecified atom stereocenters. The van der Waals surface area contributed by atoms with Crippen LogP contribution in [0.3, 0.4) is 0 Å². The second kappa shape index (κ2) is 9.84. The lowest BCUT2D eigenvalue weighted by molar-refractivity contribution is 0.0915. The van der Waals surface area contributed by atoms with Crippen molar-refractivity contribution in [2.45, 2.75) is 24.8 Å². The van der Waals surface area contributed by atoms with Gasteiger partial charge in [-0.05, 0) is 60.9 Å². The zero-order valence-electron chi connectivity index (χ0n) is 18.1. The summed E-state index contributed by atoms with van der Waals surface area (Å²) in [6.45, 7) is 3.50. The number of para-hydroxylation sites is 1. The van der Waals surface area contributed by atoms with Crippen molar-refractivity contribution in [3.8, 4) is 5.75 Å². The molecule has 8 heteroatoms. The van der Waals surface area contributed by atoms with Crippen LogP contribution in [0.1, 0.15) is 33.2 Å². The number of amides is 1. The van der Waals surface area contributed by atoms with Crippen LogP contribution in [-0.4, -0.2) is 33.1 Å². The maximum Gasteiger partial charge on any atom is 0.261 e. The number of aryl methyl sites for hydroxylation is 2. The van der Waals surface area contributed by atoms with Crippen molar-refractivity contribution in [3.63, 3.8) is 0 Å². The van der Waals surface area contributed by atoms with Crippen molar-refractivity contribution in [1.82, 2.24) is 5.32 Å². The van der Waals surface area contributed by atoms with Crippen LogP contribution in [0.25, 0.3) is 0 Å². The zero-order chi connectivity index (χ0) is 23.3. The van der Waals surface area contributed by atoms with Crippen LogP contribution in [0, 0.1) is 13.8 Å². The molecule has 0 aliphatic rings. The van der Waals surface area contributed by atoms with Gasteiger partial charge >= 0.3 is 0 Å². The molecule has 0 saturated carbocycles. The number of ether oxygens (including phenoxy) is 1. The second-order valence-corrected chi connectivity index (χ2v) is 9.08. The molecule has 0 fully saturated rings. The maximum atomic E-state index is 12.9. The molecule has 0 heterocycles. The van der Waals surface area contributed by atoms with Crippen LogP contribution < -0.4 is 14.8 Å². The molecule has 0 radical (unpaired) electrons. The van der Waals surface area contributed by atoms with Crippen LogP contribution in [-0.2, 0) is 10.0 Å². The highest BCUT2D eigenvalue weighted by atomic mass is 32.2. The Kier molecular flexibility index (Phi) is 7.17. The van der Waals surface area contributed by atoms with E-state index in [4.69, 9.17) is 4.74 Å². The molecule has 3 aromatic rings. The van der Waals surface area contributed by atoms with Gasteiger partial charge in [-0.2, -0.15) is 0 Å². The number of hydrogen-bond acceptors (Lipinski definition) is 5. The molecule has 3 aromatic carbocycles. The van der Waals surface area contributed by atoms with E-state index in [1.165, 1.54) is 12.1 Å². The van der Waals surface area contributed by atoms with Gasteiger partial charge in [0.1, 0.15) is 5.75 Å². The normalized spacial score (nSPS) is 12.1. The van der Waals surface area contributed by atoms with E-state index in [9.17, 15) is 18.3 Å². The van der Waals surface area contributed by atoms with E-state index in [1.807, 2.05) is 6.07 Å². The number of anilines is 1. The third-order valence-corrected chi connectivity index (χ3v) is 6.47. The minimum Gasteiger partial charge on any atom is -0.497 e. The molecule has 3 rings (SSSR count). The molecule has 0 saturated heterocycles. The van der Waals surface area contributed by atoms with Gasteiger partial charge in [0, 0.05) is 12.1 Å². The Bertz CT molecular complexity index is 1210. The number of benzene rings is 3. The number of rotatable bonds is 8. The SMILES string of the molecule is COc1ccc(C(O)CNC(=O)c2cc(S(=O)(=O)Nc3ccccc3C)ccc2C)cc1. The van der Waals surface area contributed by atoms with E-state index in [0.29, 0.717) is 22.6 Å². The van der Waals surface area contributed by atoms with Crippen molar-refractivity contribution < 1.29 is 23.1 Å². The molecule has 0 aliphatic heterocycles. The number of methoxy groups -OCH3 is 1. The van der Waals surface area contributed by atoms with Crippen molar-refractivity contribution in [2.24, 2.45) is 0 Å². The van der Waals surface area contributed by atoms with Crippen LogP contribution in [0.4, 0.5) is 5.69 Å². The number of nitrogens with one attached hydrogen (secondary N) is 2. The number of carbonyl (C=O) groups excluding carboxylic acids is 1. The highest BCUT2D eigenvalue weighted by molar-refractivity contribution is 7.92. The smallest absolute Gasteiger partial charge is 0.261 e. The quantitative estimate of drug-likeness (QED) is 0.483. The summed E-state index contributed by atoms with van der Waals surface area (Å²) in [7, 11) is -2.33. The van der Waals surface area contributed by atoms with Gasteiger partial charge in [-0.25, -0.2) is 8.42 Å². The first kappa shape index (κ1) is 23.3. The van der Waals surface area contributed by atoms with Crippen molar-refractivity contribution >= 4 is 21.6 Å². The van der Waals surface area contributed by atoms with Gasteiger partial charge in [0.2, 0.25) is 0 Å². The minimum atomic E-state index is -3.88. The van der Waals surface area contributed by atoms with E-state index < -0.39 is 22.0 Å². The Labute approximate surface area is 188 Å². The summed E-state index contributed by atoms with van der Waals surface area (Å²) in [4.78, 5) is 12.7. The Morgan fingerprint density at radius 3 is 2.34 bits per heavy atom. The zero-order valence-corrected chi connectivity index (χ0v) is 18.9. The third-order valence-electron chi connectivity index (χ3n) is 5.11. The lowest BCUT2D eigenvalue weighted by atomic mass is 10.1. The molecule has 3 N–H and O–H groups in total. The van der Waals surface area contributed by atoms with E-state index in [1.54, 1.807) is 69.5 Å². The van der Waals surface area contributed by atoms with E-state index in [0.717, 1.165) is 5.56 Å².